The summed E-state index contributed by atoms with van der Waals surface area (Å²) in [7, 11) is 0. The van der Waals surface area contributed by atoms with Gasteiger partial charge in [0.1, 0.15) is 0 Å². The summed E-state index contributed by atoms with van der Waals surface area (Å²) in [4.78, 5) is 0. The van der Waals surface area contributed by atoms with Crippen molar-refractivity contribution < 1.29 is 3.17 Å². The summed E-state index contributed by atoms with van der Waals surface area (Å²) in [5.74, 6) is 0. The summed E-state index contributed by atoms with van der Waals surface area (Å²) in [6.07, 6.45) is 0. The van der Waals surface area contributed by atoms with Crippen LogP contribution in [0.25, 0.3) is 0 Å². The summed E-state index contributed by atoms with van der Waals surface area (Å²) < 4.78 is 19.2. The third-order valence-corrected chi connectivity index (χ3v) is 0. The van der Waals surface area contributed by atoms with E-state index in [0.717, 1.165) is 0 Å². The molecule has 0 rings (SSSR count). The van der Waals surface area contributed by atoms with Crippen LogP contribution in [0.4, 0.5) is 3.17 Å². The maximum atomic E-state index is 9.69. The Labute approximate surface area is 69.7 Å². The number of hydrogen-bond acceptors (Lipinski definition) is 0. The van der Waals surface area contributed by atoms with Crippen molar-refractivity contribution in [3.63, 3.8) is 0 Å². The normalized spacial score (nSPS) is 3.50. The van der Waals surface area contributed by atoms with Crippen molar-refractivity contribution in [3.8, 4) is 0 Å². The molecule has 0 nitrogen and oxygen atoms in total. The van der Waals surface area contributed by atoms with E-state index in [1.807, 2.05) is 0 Å². The standard InChI is InChI=1S/2FH.K.Li/h2*1H;;/q;;2*+1/p-2. The van der Waals surface area contributed by atoms with Crippen LogP contribution in [-0.2, 0) is 0 Å². The van der Waals surface area contributed by atoms with Gasteiger partial charge in [-0.25, -0.2) is 0 Å². The summed E-state index contributed by atoms with van der Waals surface area (Å²) >= 11 is 0.0625. The Morgan fingerprint density at radius 1 is 1.25 bits per heavy atom. The van der Waals surface area contributed by atoms with Crippen molar-refractivity contribution in [2.75, 3.05) is 0 Å². The topological polar surface area (TPSA) is 0 Å². The van der Waals surface area contributed by atoms with E-state index in [0.29, 0.717) is 18.2 Å². The Morgan fingerprint density at radius 3 is 1.25 bits per heavy atom. The molecular formula is F2KLi. The van der Waals surface area contributed by atoms with Crippen molar-refractivity contribution in [2.45, 2.75) is 0 Å². The van der Waals surface area contributed by atoms with E-state index in [1.165, 1.54) is 0 Å². The van der Waals surface area contributed by atoms with Gasteiger partial charge in [0.2, 0.25) is 0 Å². The van der Waals surface area contributed by atoms with Gasteiger partial charge in [0, 0.05) is 0 Å². The van der Waals surface area contributed by atoms with Gasteiger partial charge in [-0.1, -0.05) is 0 Å². The Balaban J connectivity index is 0. The second kappa shape index (κ2) is 19.5. The molecule has 0 bridgehead atoms. The van der Waals surface area contributed by atoms with Gasteiger partial charge in [0.15, 0.2) is 0 Å². The van der Waals surface area contributed by atoms with Crippen LogP contribution in [0.5, 0.6) is 0 Å². The summed E-state index contributed by atoms with van der Waals surface area (Å²) in [6.45, 7) is 0. The number of hydrogen-bond donors (Lipinski definition) is 0. The molecule has 4 heavy (non-hydrogen) atoms. The molecule has 0 aromatic carbocycles. The first-order chi connectivity index (χ1) is 2.00. The van der Waals surface area contributed by atoms with Crippen molar-refractivity contribution in [1.82, 2.24) is 0 Å². The fourth-order valence-electron chi connectivity index (χ4n) is 0. The zero-order valence-corrected chi connectivity index (χ0v) is 5.88. The summed E-state index contributed by atoms with van der Waals surface area (Å²) in [5, 5.41) is 0. The third-order valence-electron chi connectivity index (χ3n) is 0. The molecule has 0 aliphatic carbocycles. The van der Waals surface area contributed by atoms with Crippen molar-refractivity contribution in [2.24, 2.45) is 0 Å². The molecule has 0 amide bonds. The van der Waals surface area contributed by atoms with Gasteiger partial charge in [-0.05, 0) is 0 Å². The zero-order valence-electron chi connectivity index (χ0n) is 2.76. The van der Waals surface area contributed by atoms with E-state index in [-0.39, 0.29) is 0 Å². The monoisotopic (exact) mass is 84.0 g/mol. The van der Waals surface area contributed by atoms with E-state index in [1.54, 1.807) is 0 Å². The quantitative estimate of drug-likeness (QED) is 0.364. The van der Waals surface area contributed by atoms with Gasteiger partial charge in [-0.15, -0.1) is 0 Å². The molecule has 0 atom stereocenters. The first kappa shape index (κ1) is 9.43. The van der Waals surface area contributed by atoms with Crippen LogP contribution in [0.2, 0.25) is 0 Å². The molecule has 0 aliphatic heterocycles. The van der Waals surface area contributed by atoms with E-state index >= 15 is 0 Å². The molecule has 0 radical (unpaired) electrons. The molecule has 0 spiro atoms. The third kappa shape index (κ3) is 8.94. The SMILES string of the molecule is [F][K].[Li][F]. The summed E-state index contributed by atoms with van der Waals surface area (Å²) in [6, 6.07) is 0. The van der Waals surface area contributed by atoms with Crippen molar-refractivity contribution in [3.05, 3.63) is 0 Å². The van der Waals surface area contributed by atoms with E-state index in [9.17, 15) is 3.17 Å². The maximum absolute atomic E-state index is 9.69. The van der Waals surface area contributed by atoms with Gasteiger partial charge in [-0.3, -0.25) is 0 Å². The van der Waals surface area contributed by atoms with Crippen LogP contribution in [0.3, 0.4) is 0 Å². The molecule has 0 saturated heterocycles. The second-order valence-electron chi connectivity index (χ2n) is 0. The van der Waals surface area contributed by atoms with Gasteiger partial charge < -0.3 is 0 Å². The van der Waals surface area contributed by atoms with Crippen LogP contribution in [0.1, 0.15) is 0 Å². The molecule has 0 unspecified atom stereocenters. The molecule has 0 saturated carbocycles. The molecule has 0 fully saturated rings. The predicted octanol–water partition coefficient (Wildman–Crippen LogP) is 0.0788. The van der Waals surface area contributed by atoms with Crippen molar-refractivity contribution >= 4 is 68.1 Å². The number of rotatable bonds is 0. The van der Waals surface area contributed by atoms with Crippen LogP contribution < -0.4 is 0 Å². The minimum atomic E-state index is -0.438. The van der Waals surface area contributed by atoms with E-state index < -0.39 is 49.9 Å². The average Bonchev–Trinajstić information content (AvgIpc) is 1.50. The Morgan fingerprint density at radius 2 is 1.25 bits per heavy atom. The Hall–Kier alpha value is 2.09. The van der Waals surface area contributed by atoms with Crippen molar-refractivity contribution in [1.29, 1.82) is 0 Å². The average molecular weight is 84.0 g/mol. The first-order valence-electron chi connectivity index (χ1n) is 0.756. The van der Waals surface area contributed by atoms with E-state index in [4.69, 9.17) is 0 Å². The first-order valence-corrected chi connectivity index (χ1v) is 1.94. The van der Waals surface area contributed by atoms with Gasteiger partial charge >= 0.3 is 71.3 Å². The number of halogens is 2. The molecule has 16 valence electrons. The van der Waals surface area contributed by atoms with Gasteiger partial charge in [0.25, 0.3) is 0 Å². The van der Waals surface area contributed by atoms with Crippen LogP contribution in [0, 0.1) is 0 Å². The molecule has 0 N–H and O–H groups in total. The molecule has 0 aliphatic rings. The molecular weight excluding hydrogens is 84.0 g/mol. The molecule has 0 heterocycles. The predicted molar refractivity (Wildman–Crippen MR) is 13.7 cm³/mol. The minimum absolute atomic E-state index is 0.438. The van der Waals surface area contributed by atoms with E-state index in [2.05, 4.69) is 0 Å². The van der Waals surface area contributed by atoms with Crippen LogP contribution >= 0.6 is 0 Å². The molecule has 0 aromatic rings. The van der Waals surface area contributed by atoms with Gasteiger partial charge in [0.05, 0.1) is 0 Å². The zero-order chi connectivity index (χ0) is 4.00. The molecule has 4 heteroatoms. The van der Waals surface area contributed by atoms with Gasteiger partial charge in [-0.2, -0.15) is 0 Å². The fraction of sp³-hybridized carbons (Fsp3) is 0. The Kier molecular flexibility index (Phi) is 45.9. The van der Waals surface area contributed by atoms with Crippen LogP contribution in [-0.4, -0.2) is 68.1 Å². The second-order valence-corrected chi connectivity index (χ2v) is 0. The fourth-order valence-corrected chi connectivity index (χ4v) is 0. The molecule has 0 aromatic heterocycles. The Bertz CT molecular complexity index is 6.00. The van der Waals surface area contributed by atoms with Crippen LogP contribution in [0.15, 0.2) is 0 Å². The summed E-state index contributed by atoms with van der Waals surface area (Å²) in [5.41, 5.74) is 0.